The van der Waals surface area contributed by atoms with Crippen LogP contribution in [0.5, 0.6) is 0 Å². The Bertz CT molecular complexity index is 1610. The Morgan fingerprint density at radius 2 is 1.93 bits per heavy atom. The number of hydrogen-bond acceptors (Lipinski definition) is 6. The monoisotopic (exact) mass is 599 g/mol. The minimum Gasteiger partial charge on any atom is -0.361 e. The van der Waals surface area contributed by atoms with Gasteiger partial charge in [-0.15, -0.1) is 0 Å². The summed E-state index contributed by atoms with van der Waals surface area (Å²) >= 11 is 0. The molecule has 3 amide bonds. The lowest BCUT2D eigenvalue weighted by Gasteiger charge is -2.48. The Kier molecular flexibility index (Phi) is 7.06. The number of aromatic nitrogens is 1. The van der Waals surface area contributed by atoms with Gasteiger partial charge in [0.1, 0.15) is 12.1 Å². The summed E-state index contributed by atoms with van der Waals surface area (Å²) in [5.74, 6) is -3.55. The molecule has 0 radical (unpaired) electrons. The topological polar surface area (TPSA) is 118 Å². The third-order valence-corrected chi connectivity index (χ3v) is 10.3. The van der Waals surface area contributed by atoms with Crippen LogP contribution < -0.4 is 5.32 Å². The lowest BCUT2D eigenvalue weighted by molar-refractivity contribution is -0.315. The zero-order valence-corrected chi connectivity index (χ0v) is 25.6. The molecule has 1 aliphatic carbocycles. The number of likely N-dealkylation sites (N-methyl/N-ethyl adjacent to an activating group) is 1. The quantitative estimate of drug-likeness (QED) is 0.367. The van der Waals surface area contributed by atoms with Gasteiger partial charge in [0, 0.05) is 42.7 Å². The second-order valence-corrected chi connectivity index (χ2v) is 13.1. The van der Waals surface area contributed by atoms with Crippen LogP contribution in [0.4, 0.5) is 0 Å². The van der Waals surface area contributed by atoms with E-state index in [-0.39, 0.29) is 24.3 Å². The van der Waals surface area contributed by atoms with Crippen molar-refractivity contribution >= 4 is 28.6 Å². The fourth-order valence-corrected chi connectivity index (χ4v) is 7.97. The minimum absolute atomic E-state index is 0.199. The van der Waals surface area contributed by atoms with Crippen LogP contribution in [0, 0.1) is 5.92 Å². The molecule has 0 saturated carbocycles. The van der Waals surface area contributed by atoms with Crippen molar-refractivity contribution < 1.29 is 24.2 Å². The number of fused-ring (bicyclic) bond motifs is 3. The van der Waals surface area contributed by atoms with Crippen LogP contribution in [0.2, 0.25) is 0 Å². The summed E-state index contributed by atoms with van der Waals surface area (Å²) in [7, 11) is 2.05. The van der Waals surface area contributed by atoms with E-state index in [4.69, 9.17) is 4.74 Å². The lowest BCUT2D eigenvalue weighted by atomic mass is 9.88. The van der Waals surface area contributed by atoms with Crippen molar-refractivity contribution in [2.75, 3.05) is 20.1 Å². The molecule has 4 heterocycles. The van der Waals surface area contributed by atoms with E-state index < -0.39 is 35.5 Å². The lowest BCUT2D eigenvalue weighted by Crippen LogP contribution is -2.71. The number of nitrogens with zero attached hydrogens (tertiary/aromatic N) is 3. The number of carbonyl (C=O) groups excluding carboxylic acids is 3. The molecule has 44 heavy (non-hydrogen) atoms. The van der Waals surface area contributed by atoms with E-state index in [1.165, 1.54) is 28.3 Å². The summed E-state index contributed by atoms with van der Waals surface area (Å²) in [6.07, 6.45) is 5.89. The van der Waals surface area contributed by atoms with E-state index in [9.17, 15) is 19.5 Å². The van der Waals surface area contributed by atoms with Gasteiger partial charge >= 0.3 is 0 Å². The van der Waals surface area contributed by atoms with Gasteiger partial charge in [0.2, 0.25) is 17.5 Å². The van der Waals surface area contributed by atoms with Gasteiger partial charge in [-0.3, -0.25) is 24.0 Å². The number of aliphatic hydroxyl groups is 1. The van der Waals surface area contributed by atoms with E-state index in [0.717, 1.165) is 23.9 Å². The number of rotatable bonds is 8. The van der Waals surface area contributed by atoms with Crippen LogP contribution in [0.25, 0.3) is 10.9 Å². The van der Waals surface area contributed by atoms with Gasteiger partial charge in [0.15, 0.2) is 0 Å². The van der Waals surface area contributed by atoms with Crippen LogP contribution >= 0.6 is 0 Å². The Hall–Kier alpha value is -3.73. The molecule has 1 unspecified atom stereocenters. The van der Waals surface area contributed by atoms with Crippen LogP contribution in [0.3, 0.4) is 0 Å². The Balaban J connectivity index is 1.09. The van der Waals surface area contributed by atoms with Gasteiger partial charge in [-0.25, -0.2) is 0 Å². The van der Waals surface area contributed by atoms with Gasteiger partial charge in [-0.05, 0) is 68.8 Å². The summed E-state index contributed by atoms with van der Waals surface area (Å²) in [5.41, 5.74) is 2.81. The van der Waals surface area contributed by atoms with E-state index in [2.05, 4.69) is 46.6 Å². The van der Waals surface area contributed by atoms with Crippen molar-refractivity contribution in [3.8, 4) is 0 Å². The molecule has 0 bridgehead atoms. The minimum atomic E-state index is -2.03. The maximum Gasteiger partial charge on any atom is 0.280 e. The number of ether oxygens (including phenoxy) is 1. The molecule has 3 saturated heterocycles. The zero-order chi connectivity index (χ0) is 30.8. The molecule has 10 heteroatoms. The molecular formula is C34H41N5O5. The second-order valence-electron chi connectivity index (χ2n) is 13.1. The number of carbonyl (C=O) groups is 3. The Morgan fingerprint density at radius 3 is 2.70 bits per heavy atom. The molecule has 0 spiro atoms. The second kappa shape index (κ2) is 10.7. The third kappa shape index (κ3) is 4.53. The first-order valence-corrected chi connectivity index (χ1v) is 15.8. The molecule has 232 valence electrons. The van der Waals surface area contributed by atoms with Gasteiger partial charge in [-0.2, -0.15) is 0 Å². The van der Waals surface area contributed by atoms with Crippen LogP contribution in [-0.4, -0.2) is 92.4 Å². The number of H-pyrrole nitrogens is 1. The fraction of sp³-hybridized carbons (Fsp3) is 0.500. The summed E-state index contributed by atoms with van der Waals surface area (Å²) in [4.78, 5) is 50.1. The first kappa shape index (κ1) is 29.0. The van der Waals surface area contributed by atoms with E-state index in [1.54, 1.807) is 4.90 Å². The average Bonchev–Trinajstić information content (AvgIpc) is 3.72. The van der Waals surface area contributed by atoms with Crippen molar-refractivity contribution in [1.29, 1.82) is 0 Å². The predicted octanol–water partition coefficient (Wildman–Crippen LogP) is 2.55. The number of aromatic amines is 1. The van der Waals surface area contributed by atoms with E-state index >= 15 is 0 Å². The molecule has 3 N–H and O–H groups in total. The molecule has 2 aromatic carbocycles. The standard InChI is InChI=1S/C34H41N5O5/c1-4-22(20-37(3)25-17-23-12-8-13-26-29(23)24(18-25)19-35-26)30(40)36-33(2)32(42)39-27(16-21-10-6-5-7-11-21)31(41)38-15-9-14-28(38)34(39,43)44-33/h5-8,10-13,19,22,25,27-28,35,43H,4,9,14-18,20H2,1-3H3,(H,36,40)/t22-,25+,27+,28+,33-,34?/m1/s1. The molecule has 10 nitrogen and oxygen atoms in total. The zero-order valence-electron chi connectivity index (χ0n) is 25.6. The first-order valence-electron chi connectivity index (χ1n) is 15.8. The van der Waals surface area contributed by atoms with E-state index in [1.807, 2.05) is 37.3 Å². The first-order chi connectivity index (χ1) is 21.1. The molecule has 7 rings (SSSR count). The van der Waals surface area contributed by atoms with Gasteiger partial charge < -0.3 is 25.2 Å². The van der Waals surface area contributed by atoms with Crippen molar-refractivity contribution in [1.82, 2.24) is 25.0 Å². The number of amides is 3. The maximum absolute atomic E-state index is 14.1. The van der Waals surface area contributed by atoms with Crippen molar-refractivity contribution in [3.05, 3.63) is 71.4 Å². The molecule has 1 aromatic heterocycles. The summed E-state index contributed by atoms with van der Waals surface area (Å²) in [5, 5.41) is 16.2. The van der Waals surface area contributed by atoms with Crippen LogP contribution in [0.1, 0.15) is 49.8 Å². The highest BCUT2D eigenvalue weighted by atomic mass is 16.7. The number of benzene rings is 2. The van der Waals surface area contributed by atoms with Crippen LogP contribution in [-0.2, 0) is 38.4 Å². The molecule has 3 aliphatic heterocycles. The molecule has 3 aromatic rings. The molecule has 4 aliphatic rings. The maximum atomic E-state index is 14.1. The highest BCUT2D eigenvalue weighted by Crippen LogP contribution is 2.45. The molecule has 3 fully saturated rings. The van der Waals surface area contributed by atoms with Crippen LogP contribution in [0.15, 0.2) is 54.7 Å². The Morgan fingerprint density at radius 1 is 1.16 bits per heavy atom. The SMILES string of the molecule is CC[C@H](CN(C)[C@H]1Cc2cccc3[nH]cc(c23)C1)C(=O)N[C@]1(C)OC2(O)[C@@H]3CCCN3C(=O)[C@H](Cc3ccccc3)N2C1=O. The highest BCUT2D eigenvalue weighted by Gasteiger charge is 2.69. The van der Waals surface area contributed by atoms with Crippen molar-refractivity contribution in [2.45, 2.75) is 82.1 Å². The summed E-state index contributed by atoms with van der Waals surface area (Å²) < 4.78 is 6.22. The van der Waals surface area contributed by atoms with E-state index in [0.29, 0.717) is 32.4 Å². The third-order valence-electron chi connectivity index (χ3n) is 10.3. The fourth-order valence-electron chi connectivity index (χ4n) is 7.97. The van der Waals surface area contributed by atoms with Gasteiger partial charge in [0.05, 0.1) is 5.92 Å². The van der Waals surface area contributed by atoms with Gasteiger partial charge in [-0.1, -0.05) is 49.4 Å². The number of nitrogens with one attached hydrogen (secondary N) is 2. The Labute approximate surface area is 257 Å². The summed E-state index contributed by atoms with van der Waals surface area (Å²) in [6, 6.07) is 14.4. The average molecular weight is 600 g/mol. The largest absolute Gasteiger partial charge is 0.361 e. The smallest absolute Gasteiger partial charge is 0.280 e. The highest BCUT2D eigenvalue weighted by molar-refractivity contribution is 5.97. The number of hydrogen-bond donors (Lipinski definition) is 3. The molecular weight excluding hydrogens is 558 g/mol. The van der Waals surface area contributed by atoms with Crippen molar-refractivity contribution in [3.63, 3.8) is 0 Å². The molecule has 6 atom stereocenters. The van der Waals surface area contributed by atoms with Gasteiger partial charge in [0.25, 0.3) is 11.8 Å². The predicted molar refractivity (Wildman–Crippen MR) is 164 cm³/mol. The number of piperazine rings is 1. The van der Waals surface area contributed by atoms with Crippen molar-refractivity contribution in [2.24, 2.45) is 5.92 Å². The normalized spacial score (nSPS) is 30.2. The summed E-state index contributed by atoms with van der Waals surface area (Å²) in [6.45, 7) is 4.46.